The maximum Gasteiger partial charge on any atom is 0.211 e. The van der Waals surface area contributed by atoms with Crippen molar-refractivity contribution in [3.63, 3.8) is 0 Å². The van der Waals surface area contributed by atoms with Crippen molar-refractivity contribution in [3.8, 4) is 0 Å². The van der Waals surface area contributed by atoms with Crippen molar-refractivity contribution in [1.82, 2.24) is 24.2 Å². The van der Waals surface area contributed by atoms with Crippen LogP contribution >= 0.6 is 0 Å². The van der Waals surface area contributed by atoms with Gasteiger partial charge in [-0.15, -0.1) is 0 Å². The van der Waals surface area contributed by atoms with Gasteiger partial charge in [0.15, 0.2) is 0 Å². The van der Waals surface area contributed by atoms with E-state index in [2.05, 4.69) is 19.3 Å². The Balaban J connectivity index is 1.67. The number of rotatable bonds is 6. The first-order chi connectivity index (χ1) is 13.0. The first kappa shape index (κ1) is 18.4. The summed E-state index contributed by atoms with van der Waals surface area (Å²) in [6.45, 7) is 0.439. The fourth-order valence-electron chi connectivity index (χ4n) is 4.23. The summed E-state index contributed by atoms with van der Waals surface area (Å²) in [6, 6.07) is 2.32. The molecule has 1 aliphatic carbocycles. The molecule has 4 rings (SSSR count). The monoisotopic (exact) mass is 391 g/mol. The number of nitrogens with zero attached hydrogens (tertiary/aromatic N) is 3. The summed E-state index contributed by atoms with van der Waals surface area (Å²) >= 11 is 0. The minimum atomic E-state index is -3.16. The van der Waals surface area contributed by atoms with Crippen LogP contribution in [0.4, 0.5) is 0 Å². The van der Waals surface area contributed by atoms with Gasteiger partial charge in [0.05, 0.1) is 17.5 Å². The number of hydrogen-bond acceptors (Lipinski definition) is 5. The van der Waals surface area contributed by atoms with Gasteiger partial charge in [-0.2, -0.15) is 0 Å². The molecule has 0 radical (unpaired) electrons. The molecule has 0 amide bonds. The van der Waals surface area contributed by atoms with Crippen LogP contribution in [0.2, 0.25) is 0 Å². The number of aromatic amines is 1. The Bertz CT molecular complexity index is 1050. The molecule has 1 saturated carbocycles. The van der Waals surface area contributed by atoms with Crippen molar-refractivity contribution >= 4 is 32.1 Å². The quantitative estimate of drug-likeness (QED) is 0.671. The van der Waals surface area contributed by atoms with Crippen molar-refractivity contribution < 1.29 is 13.2 Å². The van der Waals surface area contributed by atoms with Crippen LogP contribution in [0, 0.1) is 5.92 Å². The number of ether oxygens (including phenoxy) is 1. The molecule has 0 spiro atoms. The van der Waals surface area contributed by atoms with Gasteiger partial charge in [-0.25, -0.2) is 23.1 Å². The topological polar surface area (TPSA) is 102 Å². The summed E-state index contributed by atoms with van der Waals surface area (Å²) in [5.74, 6) is 1.31. The van der Waals surface area contributed by atoms with Gasteiger partial charge in [0, 0.05) is 24.7 Å². The first-order valence-corrected chi connectivity index (χ1v) is 10.9. The van der Waals surface area contributed by atoms with Crippen molar-refractivity contribution in [2.45, 2.75) is 38.3 Å². The number of sulfonamides is 1. The van der Waals surface area contributed by atoms with Crippen LogP contribution in [0.3, 0.4) is 0 Å². The smallest absolute Gasteiger partial charge is 0.211 e. The molecular formula is C18H25N5O3S. The Kier molecular flexibility index (Phi) is 4.92. The molecule has 1 fully saturated rings. The van der Waals surface area contributed by atoms with E-state index in [0.29, 0.717) is 6.61 Å². The van der Waals surface area contributed by atoms with Gasteiger partial charge < -0.3 is 14.3 Å². The highest BCUT2D eigenvalue weighted by molar-refractivity contribution is 7.89. The number of fused-ring (bicyclic) bond motifs is 3. The molecule has 0 aromatic carbocycles. The molecule has 2 N–H and O–H groups in total. The van der Waals surface area contributed by atoms with E-state index in [9.17, 15) is 8.42 Å². The average Bonchev–Trinajstić information content (AvgIpc) is 3.26. The van der Waals surface area contributed by atoms with Gasteiger partial charge in [0.1, 0.15) is 23.6 Å². The molecule has 3 aromatic heterocycles. The number of pyridine rings is 1. The number of nitrogens with one attached hydrogen (secondary N) is 2. The highest BCUT2D eigenvalue weighted by Crippen LogP contribution is 2.37. The second-order valence-corrected chi connectivity index (χ2v) is 9.19. The van der Waals surface area contributed by atoms with Gasteiger partial charge in [0.2, 0.25) is 10.0 Å². The third-order valence-corrected chi connectivity index (χ3v) is 7.06. The standard InChI is InChI=1S/C18H25N5O3S/c1-19-27(24,25)11-12-3-5-13(6-4-12)23-16(10-26-2)22-15-9-21-18-14(17(15)23)7-8-20-18/h7-9,12-13,19H,3-6,10-11H2,1-2H3,(H,20,21). The largest absolute Gasteiger partial charge is 0.377 e. The van der Waals surface area contributed by atoms with Crippen molar-refractivity contribution in [2.75, 3.05) is 19.9 Å². The molecule has 146 valence electrons. The van der Waals surface area contributed by atoms with Gasteiger partial charge >= 0.3 is 0 Å². The number of aromatic nitrogens is 4. The molecule has 0 unspecified atom stereocenters. The zero-order valence-electron chi connectivity index (χ0n) is 15.6. The van der Waals surface area contributed by atoms with Crippen LogP contribution < -0.4 is 4.72 Å². The number of methoxy groups -OCH3 is 1. The summed E-state index contributed by atoms with van der Waals surface area (Å²) in [6.07, 6.45) is 7.33. The summed E-state index contributed by atoms with van der Waals surface area (Å²) in [5.41, 5.74) is 2.80. The highest BCUT2D eigenvalue weighted by atomic mass is 32.2. The van der Waals surface area contributed by atoms with Gasteiger partial charge in [-0.1, -0.05) is 0 Å². The normalized spacial score (nSPS) is 21.3. The Morgan fingerprint density at radius 1 is 1.33 bits per heavy atom. The van der Waals surface area contributed by atoms with Crippen molar-refractivity contribution in [2.24, 2.45) is 5.92 Å². The van der Waals surface area contributed by atoms with Crippen molar-refractivity contribution in [1.29, 1.82) is 0 Å². The lowest BCUT2D eigenvalue weighted by Gasteiger charge is -2.30. The van der Waals surface area contributed by atoms with Gasteiger partial charge in [0.25, 0.3) is 0 Å². The summed E-state index contributed by atoms with van der Waals surface area (Å²) < 4.78 is 33.8. The minimum absolute atomic E-state index is 0.202. The van der Waals surface area contributed by atoms with E-state index in [-0.39, 0.29) is 17.7 Å². The molecule has 8 nitrogen and oxygen atoms in total. The van der Waals surface area contributed by atoms with Crippen LogP contribution in [0.5, 0.6) is 0 Å². The second-order valence-electron chi connectivity index (χ2n) is 7.22. The van der Waals surface area contributed by atoms with Crippen LogP contribution in [-0.4, -0.2) is 47.8 Å². The zero-order valence-corrected chi connectivity index (χ0v) is 16.4. The Morgan fingerprint density at radius 3 is 2.81 bits per heavy atom. The minimum Gasteiger partial charge on any atom is -0.377 e. The molecule has 0 bridgehead atoms. The second kappa shape index (κ2) is 7.21. The van der Waals surface area contributed by atoms with E-state index in [0.717, 1.165) is 53.6 Å². The Labute approximate surface area is 158 Å². The predicted molar refractivity (Wildman–Crippen MR) is 104 cm³/mol. The molecule has 27 heavy (non-hydrogen) atoms. The highest BCUT2D eigenvalue weighted by Gasteiger charge is 2.28. The van der Waals surface area contributed by atoms with Crippen LogP contribution in [0.15, 0.2) is 18.5 Å². The molecule has 0 atom stereocenters. The van der Waals surface area contributed by atoms with Crippen LogP contribution in [-0.2, 0) is 21.4 Å². The molecule has 3 aromatic rings. The zero-order chi connectivity index (χ0) is 19.0. The summed E-state index contributed by atoms with van der Waals surface area (Å²) in [5, 5.41) is 1.06. The Morgan fingerprint density at radius 2 is 2.11 bits per heavy atom. The molecule has 0 aliphatic heterocycles. The summed E-state index contributed by atoms with van der Waals surface area (Å²) in [4.78, 5) is 12.4. The molecular weight excluding hydrogens is 366 g/mol. The summed E-state index contributed by atoms with van der Waals surface area (Å²) in [7, 11) is -0.0128. The van der Waals surface area contributed by atoms with Gasteiger partial charge in [-0.05, 0) is 44.7 Å². The van der Waals surface area contributed by atoms with E-state index in [1.165, 1.54) is 7.05 Å². The average molecular weight is 391 g/mol. The lowest BCUT2D eigenvalue weighted by molar-refractivity contribution is 0.169. The fraction of sp³-hybridized carbons (Fsp3) is 0.556. The SMILES string of the molecule is CNS(=O)(=O)CC1CCC(n2c(COC)nc3cnc4[nH]ccc4c32)CC1. The van der Waals surface area contributed by atoms with E-state index in [4.69, 9.17) is 9.72 Å². The van der Waals surface area contributed by atoms with E-state index < -0.39 is 10.0 Å². The molecule has 3 heterocycles. The fourth-order valence-corrected chi connectivity index (χ4v) is 5.35. The maximum absolute atomic E-state index is 11.9. The predicted octanol–water partition coefficient (Wildman–Crippen LogP) is 2.34. The number of hydrogen-bond donors (Lipinski definition) is 2. The molecule has 0 saturated heterocycles. The third kappa shape index (κ3) is 3.46. The van der Waals surface area contributed by atoms with Crippen LogP contribution in [0.1, 0.15) is 37.5 Å². The van der Waals surface area contributed by atoms with E-state index in [1.54, 1.807) is 13.3 Å². The van der Waals surface area contributed by atoms with E-state index >= 15 is 0 Å². The Hall–Kier alpha value is -1.97. The lowest BCUT2D eigenvalue weighted by Crippen LogP contribution is -2.29. The third-order valence-electron chi connectivity index (χ3n) is 5.53. The van der Waals surface area contributed by atoms with Crippen molar-refractivity contribution in [3.05, 3.63) is 24.3 Å². The van der Waals surface area contributed by atoms with Crippen LogP contribution in [0.25, 0.3) is 22.1 Å². The number of H-pyrrole nitrogens is 1. The number of imidazole rings is 1. The maximum atomic E-state index is 11.9. The lowest BCUT2D eigenvalue weighted by atomic mass is 9.87. The van der Waals surface area contributed by atoms with Gasteiger partial charge in [-0.3, -0.25) is 0 Å². The molecule has 9 heteroatoms. The first-order valence-electron chi connectivity index (χ1n) is 9.25. The van der Waals surface area contributed by atoms with E-state index in [1.807, 2.05) is 12.3 Å². The molecule has 1 aliphatic rings.